The number of phosphoric ester groups is 1. The number of nitriles is 1. The molecule has 36 heavy (non-hydrogen) atoms. The number of hydrogen-bond donors (Lipinski definition) is 0. The molecule has 0 fully saturated rings. The first-order chi connectivity index (χ1) is 17.5. The summed E-state index contributed by atoms with van der Waals surface area (Å²) in [6, 6.07) is 24.5. The Morgan fingerprint density at radius 2 is 1.47 bits per heavy atom. The largest absolute Gasteiger partial charge is 0.668 e. The molecule has 0 atom stereocenters. The molecule has 0 unspecified atom stereocenters. The Balaban J connectivity index is 1.56. The fraction of sp³-hybridized carbons (Fsp3) is 0.0769. The summed E-state index contributed by atoms with van der Waals surface area (Å²) in [5.74, 6) is 1.66. The fourth-order valence-corrected chi connectivity index (χ4v) is 5.07. The molecular formula is C26H21N2O6PS. The highest BCUT2D eigenvalue weighted by Gasteiger charge is 2.34. The molecule has 3 aromatic carbocycles. The maximum Gasteiger partial charge on any atom is 0.668 e. The molecule has 0 amide bonds. The zero-order valence-corrected chi connectivity index (χ0v) is 21.1. The number of ether oxygens (including phenoxy) is 2. The van der Waals surface area contributed by atoms with Crippen molar-refractivity contribution in [3.63, 3.8) is 0 Å². The van der Waals surface area contributed by atoms with Crippen molar-refractivity contribution in [2.45, 2.75) is 0 Å². The van der Waals surface area contributed by atoms with Crippen LogP contribution < -0.4 is 18.5 Å². The smallest absolute Gasteiger partial charge is 0.493 e. The third-order valence-electron chi connectivity index (χ3n) is 4.77. The van der Waals surface area contributed by atoms with Crippen LogP contribution in [0.1, 0.15) is 5.56 Å². The lowest BCUT2D eigenvalue weighted by atomic mass is 10.1. The van der Waals surface area contributed by atoms with Crippen molar-refractivity contribution in [3.8, 4) is 29.1 Å². The van der Waals surface area contributed by atoms with Gasteiger partial charge in [-0.1, -0.05) is 53.3 Å². The number of nitrogens with zero attached hydrogens (tertiary/aromatic N) is 2. The molecule has 0 saturated heterocycles. The molecule has 1 heterocycles. The van der Waals surface area contributed by atoms with E-state index in [0.29, 0.717) is 44.1 Å². The topological polar surface area (TPSA) is 99.4 Å². The van der Waals surface area contributed by atoms with E-state index in [2.05, 4.69) is 11.2 Å². The van der Waals surface area contributed by atoms with Gasteiger partial charge in [-0.05, 0) is 60.2 Å². The zero-order valence-electron chi connectivity index (χ0n) is 19.4. The lowest BCUT2D eigenvalue weighted by molar-refractivity contribution is 0.219. The first kappa shape index (κ1) is 25.0. The zero-order chi connectivity index (χ0) is 25.4. The van der Waals surface area contributed by atoms with Crippen molar-refractivity contribution in [3.05, 3.63) is 101 Å². The summed E-state index contributed by atoms with van der Waals surface area (Å²) >= 11 is 1.18. The lowest BCUT2D eigenvalue weighted by Crippen LogP contribution is -2.03. The maximum atomic E-state index is 13.4. The Kier molecular flexibility index (Phi) is 8.01. The molecular weight excluding hydrogens is 499 g/mol. The highest BCUT2D eigenvalue weighted by molar-refractivity contribution is 8.18. The van der Waals surface area contributed by atoms with Crippen LogP contribution in [0.25, 0.3) is 5.57 Å². The van der Waals surface area contributed by atoms with Gasteiger partial charge in [0.05, 0.1) is 19.8 Å². The average Bonchev–Trinajstić information content (AvgIpc) is 3.37. The molecule has 0 radical (unpaired) electrons. The highest BCUT2D eigenvalue weighted by Crippen LogP contribution is 2.50. The summed E-state index contributed by atoms with van der Waals surface area (Å²) in [5.41, 5.74) is 1.06. The Bertz CT molecular complexity index is 1360. The van der Waals surface area contributed by atoms with Gasteiger partial charge in [0.15, 0.2) is 11.5 Å². The second kappa shape index (κ2) is 11.5. The molecule has 0 bridgehead atoms. The van der Waals surface area contributed by atoms with Crippen LogP contribution in [0.2, 0.25) is 0 Å². The monoisotopic (exact) mass is 520 g/mol. The first-order valence-electron chi connectivity index (χ1n) is 10.6. The van der Waals surface area contributed by atoms with E-state index in [-0.39, 0.29) is 0 Å². The van der Waals surface area contributed by atoms with E-state index in [1.165, 1.54) is 18.9 Å². The van der Waals surface area contributed by atoms with E-state index < -0.39 is 7.82 Å². The molecule has 0 saturated carbocycles. The van der Waals surface area contributed by atoms with Gasteiger partial charge in [0.25, 0.3) is 0 Å². The number of benzene rings is 3. The van der Waals surface area contributed by atoms with Gasteiger partial charge in [-0.15, -0.1) is 0 Å². The lowest BCUT2D eigenvalue weighted by Gasteiger charge is -2.16. The van der Waals surface area contributed by atoms with Crippen LogP contribution >= 0.6 is 19.6 Å². The SMILES string of the molecule is COc1ccc(C(C#N)=C2C=CC(=NOP(=O)(Oc3ccccc3)Oc3ccccc3)S2)cc1OC. The van der Waals surface area contributed by atoms with Crippen LogP contribution in [-0.2, 0) is 9.19 Å². The number of oxime groups is 1. The molecule has 182 valence electrons. The molecule has 4 rings (SSSR count). The van der Waals surface area contributed by atoms with E-state index in [4.69, 9.17) is 23.1 Å². The second-order valence-electron chi connectivity index (χ2n) is 7.12. The Labute approximate surface area is 213 Å². The molecule has 0 spiro atoms. The van der Waals surface area contributed by atoms with Gasteiger partial charge in [0.1, 0.15) is 22.6 Å². The van der Waals surface area contributed by atoms with E-state index in [1.54, 1.807) is 98.1 Å². The van der Waals surface area contributed by atoms with Crippen molar-refractivity contribution in [1.82, 2.24) is 0 Å². The number of hydrogen-bond acceptors (Lipinski definition) is 9. The van der Waals surface area contributed by atoms with Gasteiger partial charge >= 0.3 is 7.82 Å². The van der Waals surface area contributed by atoms with E-state index >= 15 is 0 Å². The fourth-order valence-electron chi connectivity index (χ4n) is 3.13. The number of methoxy groups -OCH3 is 2. The molecule has 3 aromatic rings. The molecule has 1 aliphatic heterocycles. The standard InChI is InChI=1S/C26H21N2O6PS/c1-30-23-14-13-19(17-24(23)31-2)22(18-27)25-15-16-26(36-25)28-34-35(29,32-20-9-5-3-6-10-20)33-21-11-7-4-8-12-21/h3-17H,1-2H3. The highest BCUT2D eigenvalue weighted by atomic mass is 32.2. The van der Waals surface area contributed by atoms with Crippen molar-refractivity contribution in [2.75, 3.05) is 14.2 Å². The number of phosphoric acid groups is 1. The van der Waals surface area contributed by atoms with Crippen molar-refractivity contribution in [1.29, 1.82) is 5.26 Å². The van der Waals surface area contributed by atoms with Crippen LogP contribution in [0.3, 0.4) is 0 Å². The summed E-state index contributed by atoms with van der Waals surface area (Å²) in [4.78, 5) is 0.634. The Morgan fingerprint density at radius 3 is 2.03 bits per heavy atom. The third-order valence-corrected chi connectivity index (χ3v) is 6.90. The Hall–Kier alpha value is -4.12. The summed E-state index contributed by atoms with van der Waals surface area (Å²) in [5, 5.41) is 14.2. The quantitative estimate of drug-likeness (QED) is 0.172. The normalized spacial score (nSPS) is 15.2. The van der Waals surface area contributed by atoms with Crippen LogP contribution in [0.4, 0.5) is 0 Å². The molecule has 0 aliphatic carbocycles. The minimum atomic E-state index is -4.19. The first-order valence-corrected chi connectivity index (χ1v) is 12.9. The Morgan fingerprint density at radius 1 is 0.861 bits per heavy atom. The predicted octanol–water partition coefficient (Wildman–Crippen LogP) is 6.84. The van der Waals surface area contributed by atoms with Crippen molar-refractivity contribution in [2.24, 2.45) is 5.16 Å². The van der Waals surface area contributed by atoms with Gasteiger partial charge in [0.2, 0.25) is 0 Å². The summed E-state index contributed by atoms with van der Waals surface area (Å²) in [6.45, 7) is 0. The minimum Gasteiger partial charge on any atom is -0.493 e. The van der Waals surface area contributed by atoms with Crippen LogP contribution in [-0.4, -0.2) is 19.3 Å². The maximum absolute atomic E-state index is 13.4. The van der Waals surface area contributed by atoms with E-state index in [9.17, 15) is 9.83 Å². The van der Waals surface area contributed by atoms with E-state index in [1.807, 2.05) is 0 Å². The van der Waals surface area contributed by atoms with Gasteiger partial charge in [-0.3, -0.25) is 4.62 Å². The van der Waals surface area contributed by atoms with Gasteiger partial charge < -0.3 is 18.5 Å². The molecule has 1 aliphatic rings. The molecule has 0 aromatic heterocycles. The number of rotatable bonds is 9. The summed E-state index contributed by atoms with van der Waals surface area (Å²) in [7, 11) is -1.12. The van der Waals surface area contributed by atoms with Crippen LogP contribution in [0.15, 0.2) is 101 Å². The number of allylic oxidation sites excluding steroid dienone is 2. The summed E-state index contributed by atoms with van der Waals surface area (Å²) < 4.78 is 40.5. The van der Waals surface area contributed by atoms with Crippen LogP contribution in [0, 0.1) is 11.3 Å². The molecule has 10 heteroatoms. The molecule has 0 N–H and O–H groups in total. The minimum absolute atomic E-state index is 0.299. The number of para-hydroxylation sites is 2. The molecule has 8 nitrogen and oxygen atoms in total. The van der Waals surface area contributed by atoms with Crippen LogP contribution in [0.5, 0.6) is 23.0 Å². The predicted molar refractivity (Wildman–Crippen MR) is 139 cm³/mol. The third kappa shape index (κ3) is 6.11. The summed E-state index contributed by atoms with van der Waals surface area (Å²) in [6.07, 6.45) is 3.37. The average molecular weight is 521 g/mol. The van der Waals surface area contributed by atoms with E-state index in [0.717, 1.165) is 0 Å². The second-order valence-corrected chi connectivity index (χ2v) is 9.61. The van der Waals surface area contributed by atoms with Crippen molar-refractivity contribution >= 4 is 30.2 Å². The number of thioether (sulfide) groups is 1. The van der Waals surface area contributed by atoms with Gasteiger partial charge in [0, 0.05) is 4.91 Å². The van der Waals surface area contributed by atoms with Gasteiger partial charge in [-0.2, -0.15) is 9.83 Å². The van der Waals surface area contributed by atoms with Gasteiger partial charge in [-0.25, -0.2) is 0 Å². The van der Waals surface area contributed by atoms with Crippen molar-refractivity contribution < 1.29 is 27.7 Å².